The molecular formula is C10H16N2O2. The number of carbonyl (C=O) groups is 1. The van der Waals surface area contributed by atoms with Gasteiger partial charge in [-0.05, 0) is 19.4 Å². The molecule has 14 heavy (non-hydrogen) atoms. The molecular weight excluding hydrogens is 180 g/mol. The van der Waals surface area contributed by atoms with E-state index >= 15 is 0 Å². The van der Waals surface area contributed by atoms with E-state index in [-0.39, 0.29) is 6.09 Å². The van der Waals surface area contributed by atoms with E-state index < -0.39 is 0 Å². The molecule has 0 saturated carbocycles. The maximum atomic E-state index is 11.1. The molecule has 0 spiro atoms. The summed E-state index contributed by atoms with van der Waals surface area (Å²) in [6.07, 6.45) is 4.18. The summed E-state index contributed by atoms with van der Waals surface area (Å²) >= 11 is 0. The zero-order valence-electron chi connectivity index (χ0n) is 8.29. The zero-order valence-corrected chi connectivity index (χ0v) is 8.29. The van der Waals surface area contributed by atoms with Crippen LogP contribution in [0.4, 0.5) is 4.79 Å². The highest BCUT2D eigenvalue weighted by molar-refractivity contribution is 5.69. The summed E-state index contributed by atoms with van der Waals surface area (Å²) < 4.78 is 4.86. The normalized spacial score (nSPS) is 22.1. The average molecular weight is 196 g/mol. The minimum Gasteiger partial charge on any atom is -0.448 e. The van der Waals surface area contributed by atoms with E-state index in [4.69, 9.17) is 4.74 Å². The molecule has 2 aliphatic rings. The van der Waals surface area contributed by atoms with Gasteiger partial charge in [0.15, 0.2) is 0 Å². The Morgan fingerprint density at radius 2 is 2.50 bits per heavy atom. The minimum atomic E-state index is -0.153. The standard InChI is InChI=1S/C10H16N2O2/c13-10-12(7-8-14-10)6-3-9-1-4-11-5-2-9/h1,11H,2-8H2. The van der Waals surface area contributed by atoms with Crippen LogP contribution in [-0.2, 0) is 4.74 Å². The van der Waals surface area contributed by atoms with Crippen molar-refractivity contribution in [3.05, 3.63) is 11.6 Å². The molecule has 0 bridgehead atoms. The van der Waals surface area contributed by atoms with Crippen molar-refractivity contribution in [2.24, 2.45) is 0 Å². The van der Waals surface area contributed by atoms with Crippen LogP contribution < -0.4 is 5.32 Å². The molecule has 1 N–H and O–H groups in total. The second-order valence-electron chi connectivity index (χ2n) is 3.67. The Balaban J connectivity index is 1.76. The molecule has 2 aliphatic heterocycles. The summed E-state index contributed by atoms with van der Waals surface area (Å²) in [4.78, 5) is 12.9. The second kappa shape index (κ2) is 4.46. The van der Waals surface area contributed by atoms with Gasteiger partial charge in [-0.3, -0.25) is 0 Å². The number of rotatable bonds is 3. The van der Waals surface area contributed by atoms with Crippen LogP contribution in [0, 0.1) is 0 Å². The van der Waals surface area contributed by atoms with Gasteiger partial charge in [-0.25, -0.2) is 4.79 Å². The quantitative estimate of drug-likeness (QED) is 0.677. The van der Waals surface area contributed by atoms with Crippen molar-refractivity contribution in [1.29, 1.82) is 0 Å². The van der Waals surface area contributed by atoms with E-state index in [0.29, 0.717) is 6.61 Å². The Kier molecular flexibility index (Phi) is 3.03. The highest BCUT2D eigenvalue weighted by atomic mass is 16.6. The largest absolute Gasteiger partial charge is 0.448 e. The van der Waals surface area contributed by atoms with Gasteiger partial charge in [-0.2, -0.15) is 0 Å². The lowest BCUT2D eigenvalue weighted by Gasteiger charge is -2.17. The van der Waals surface area contributed by atoms with Crippen LogP contribution in [0.1, 0.15) is 12.8 Å². The summed E-state index contributed by atoms with van der Waals surface area (Å²) in [5, 5.41) is 3.27. The van der Waals surface area contributed by atoms with Crippen LogP contribution in [0.5, 0.6) is 0 Å². The molecule has 4 nitrogen and oxygen atoms in total. The Morgan fingerprint density at radius 1 is 1.57 bits per heavy atom. The summed E-state index contributed by atoms with van der Waals surface area (Å²) in [5.41, 5.74) is 1.46. The fraction of sp³-hybridized carbons (Fsp3) is 0.700. The van der Waals surface area contributed by atoms with Gasteiger partial charge in [0.25, 0.3) is 0 Å². The molecule has 2 rings (SSSR count). The molecule has 1 saturated heterocycles. The number of cyclic esters (lactones) is 1. The molecule has 0 aromatic carbocycles. The van der Waals surface area contributed by atoms with Crippen molar-refractivity contribution < 1.29 is 9.53 Å². The van der Waals surface area contributed by atoms with Gasteiger partial charge in [0.1, 0.15) is 6.61 Å². The van der Waals surface area contributed by atoms with E-state index in [0.717, 1.165) is 39.0 Å². The molecule has 0 atom stereocenters. The smallest absolute Gasteiger partial charge is 0.409 e. The van der Waals surface area contributed by atoms with Crippen LogP contribution >= 0.6 is 0 Å². The molecule has 2 heterocycles. The SMILES string of the molecule is O=C1OCCN1CCC1=CCNCC1. The maximum absolute atomic E-state index is 11.1. The third-order valence-corrected chi connectivity index (χ3v) is 2.71. The number of hydrogen-bond donors (Lipinski definition) is 1. The predicted molar refractivity (Wildman–Crippen MR) is 53.1 cm³/mol. The van der Waals surface area contributed by atoms with Crippen LogP contribution in [0.15, 0.2) is 11.6 Å². The fourth-order valence-corrected chi connectivity index (χ4v) is 1.80. The predicted octanol–water partition coefficient (Wildman–Crippen LogP) is 0.748. The molecule has 4 heteroatoms. The van der Waals surface area contributed by atoms with Crippen LogP contribution in [0.3, 0.4) is 0 Å². The molecule has 0 aromatic rings. The third kappa shape index (κ3) is 2.26. The Morgan fingerprint density at radius 3 is 3.14 bits per heavy atom. The topological polar surface area (TPSA) is 41.6 Å². The Hall–Kier alpha value is -1.03. The maximum Gasteiger partial charge on any atom is 0.409 e. The van der Waals surface area contributed by atoms with Gasteiger partial charge in [0, 0.05) is 13.1 Å². The highest BCUT2D eigenvalue weighted by Gasteiger charge is 2.21. The number of nitrogens with zero attached hydrogens (tertiary/aromatic N) is 1. The summed E-state index contributed by atoms with van der Waals surface area (Å²) in [6, 6.07) is 0. The van der Waals surface area contributed by atoms with Gasteiger partial charge in [0.2, 0.25) is 0 Å². The van der Waals surface area contributed by atoms with Crippen LogP contribution in [0.2, 0.25) is 0 Å². The van der Waals surface area contributed by atoms with Crippen molar-refractivity contribution in [3.8, 4) is 0 Å². The van der Waals surface area contributed by atoms with Gasteiger partial charge >= 0.3 is 6.09 Å². The fourth-order valence-electron chi connectivity index (χ4n) is 1.80. The Labute approximate surface area is 83.9 Å². The van der Waals surface area contributed by atoms with Gasteiger partial charge < -0.3 is 15.0 Å². The lowest BCUT2D eigenvalue weighted by Crippen LogP contribution is -2.27. The number of nitrogens with one attached hydrogen (secondary N) is 1. The molecule has 1 fully saturated rings. The molecule has 0 radical (unpaired) electrons. The number of ether oxygens (including phenoxy) is 1. The van der Waals surface area contributed by atoms with Gasteiger partial charge in [-0.1, -0.05) is 11.6 Å². The van der Waals surface area contributed by atoms with E-state index in [2.05, 4.69) is 11.4 Å². The number of amides is 1. The van der Waals surface area contributed by atoms with Crippen LogP contribution in [0.25, 0.3) is 0 Å². The molecule has 0 aromatic heterocycles. The zero-order chi connectivity index (χ0) is 9.80. The average Bonchev–Trinajstić information content (AvgIpc) is 2.63. The second-order valence-corrected chi connectivity index (χ2v) is 3.67. The summed E-state index contributed by atoms with van der Waals surface area (Å²) in [7, 11) is 0. The van der Waals surface area contributed by atoms with Crippen molar-refractivity contribution in [2.45, 2.75) is 12.8 Å². The van der Waals surface area contributed by atoms with Crippen molar-refractivity contribution >= 4 is 6.09 Å². The van der Waals surface area contributed by atoms with Crippen molar-refractivity contribution in [2.75, 3.05) is 32.8 Å². The van der Waals surface area contributed by atoms with E-state index in [1.54, 1.807) is 4.90 Å². The van der Waals surface area contributed by atoms with Crippen molar-refractivity contribution in [3.63, 3.8) is 0 Å². The summed E-state index contributed by atoms with van der Waals surface area (Å²) in [6.45, 7) is 4.16. The molecule has 0 aliphatic carbocycles. The van der Waals surface area contributed by atoms with Gasteiger partial charge in [0.05, 0.1) is 6.54 Å². The highest BCUT2D eigenvalue weighted by Crippen LogP contribution is 2.12. The minimum absolute atomic E-state index is 0.153. The van der Waals surface area contributed by atoms with Gasteiger partial charge in [-0.15, -0.1) is 0 Å². The van der Waals surface area contributed by atoms with E-state index in [9.17, 15) is 4.79 Å². The summed E-state index contributed by atoms with van der Waals surface area (Å²) in [5.74, 6) is 0. The third-order valence-electron chi connectivity index (χ3n) is 2.71. The number of hydrogen-bond acceptors (Lipinski definition) is 3. The monoisotopic (exact) mass is 196 g/mol. The Bertz CT molecular complexity index is 251. The first-order valence-corrected chi connectivity index (χ1v) is 5.16. The number of carbonyl (C=O) groups excluding carboxylic acids is 1. The molecule has 1 amide bonds. The van der Waals surface area contributed by atoms with E-state index in [1.807, 2.05) is 0 Å². The first kappa shape index (κ1) is 9.52. The molecule has 0 unspecified atom stereocenters. The van der Waals surface area contributed by atoms with Crippen molar-refractivity contribution in [1.82, 2.24) is 10.2 Å². The van der Waals surface area contributed by atoms with E-state index in [1.165, 1.54) is 5.57 Å². The lowest BCUT2D eigenvalue weighted by atomic mass is 10.1. The first-order chi connectivity index (χ1) is 6.86. The van der Waals surface area contributed by atoms with Crippen LogP contribution in [-0.4, -0.2) is 43.8 Å². The molecule has 78 valence electrons. The lowest BCUT2D eigenvalue weighted by molar-refractivity contribution is 0.158. The first-order valence-electron chi connectivity index (χ1n) is 5.16.